The largest absolute Gasteiger partial charge is 0.491 e. The van der Waals surface area contributed by atoms with Crippen LogP contribution in [0.3, 0.4) is 0 Å². The maximum Gasteiger partial charge on any atom is 0.316 e. The van der Waals surface area contributed by atoms with Crippen molar-refractivity contribution >= 4 is 11.7 Å². The molecule has 1 aliphatic heterocycles. The van der Waals surface area contributed by atoms with Gasteiger partial charge in [-0.05, 0) is 49.6 Å². The number of fused-ring (bicyclic) bond motifs is 1. The number of nitrogens with two attached hydrogens (primary N) is 1. The summed E-state index contributed by atoms with van der Waals surface area (Å²) >= 11 is 0. The molecule has 0 saturated heterocycles. The van der Waals surface area contributed by atoms with E-state index in [0.29, 0.717) is 18.1 Å². The minimum absolute atomic E-state index is 0.0487. The zero-order chi connectivity index (χ0) is 25.8. The van der Waals surface area contributed by atoms with E-state index in [1.807, 2.05) is 29.8 Å². The van der Waals surface area contributed by atoms with Gasteiger partial charge in [0.25, 0.3) is 0 Å². The van der Waals surface area contributed by atoms with Crippen LogP contribution in [0.2, 0.25) is 0 Å². The summed E-state index contributed by atoms with van der Waals surface area (Å²) in [7, 11) is 0. The molecule has 3 N–H and O–H groups in total. The first kappa shape index (κ1) is 25.7. The fraction of sp³-hybridized carbons (Fsp3) is 0.429. The maximum absolute atomic E-state index is 15.0. The van der Waals surface area contributed by atoms with Crippen LogP contribution >= 0.6 is 0 Å². The van der Waals surface area contributed by atoms with Gasteiger partial charge in [-0.25, -0.2) is 13.9 Å². The molecule has 0 saturated carbocycles. The molecule has 2 aromatic carbocycles. The highest BCUT2D eigenvalue weighted by molar-refractivity contribution is 5.88. The molecule has 0 bridgehead atoms. The Morgan fingerprint density at radius 2 is 2.08 bits per heavy atom. The summed E-state index contributed by atoms with van der Waals surface area (Å²) in [6, 6.07) is 9.97. The highest BCUT2D eigenvalue weighted by atomic mass is 19.1. The van der Waals surface area contributed by atoms with E-state index < -0.39 is 11.8 Å². The highest BCUT2D eigenvalue weighted by Crippen LogP contribution is 2.37. The van der Waals surface area contributed by atoms with Gasteiger partial charge in [-0.15, -0.1) is 0 Å². The third kappa shape index (κ3) is 5.54. The van der Waals surface area contributed by atoms with E-state index in [2.05, 4.69) is 31.0 Å². The van der Waals surface area contributed by atoms with Crippen LogP contribution < -0.4 is 15.8 Å². The number of urea groups is 1. The number of para-hydroxylation sites is 1. The van der Waals surface area contributed by atoms with Crippen LogP contribution in [0, 0.1) is 18.7 Å². The SMILES string of the molecule is CCCCN1CCc2nn(-c3c(C)cccc3OCC(C)C)c(-c3ccc(NC(N)=O)c(F)c3)c2C1. The number of carbonyl (C=O) groups is 1. The molecule has 2 amide bonds. The van der Waals surface area contributed by atoms with Gasteiger partial charge in [-0.2, -0.15) is 5.10 Å². The fourth-order valence-corrected chi connectivity index (χ4v) is 4.63. The second kappa shape index (κ2) is 11.1. The van der Waals surface area contributed by atoms with Crippen LogP contribution in [0.1, 0.15) is 50.4 Å². The third-order valence-electron chi connectivity index (χ3n) is 6.43. The van der Waals surface area contributed by atoms with E-state index in [0.717, 1.165) is 72.8 Å². The fourth-order valence-electron chi connectivity index (χ4n) is 4.63. The van der Waals surface area contributed by atoms with Crippen molar-refractivity contribution in [2.75, 3.05) is 25.0 Å². The number of aromatic nitrogens is 2. The summed E-state index contributed by atoms with van der Waals surface area (Å²) in [5.41, 5.74) is 10.8. The van der Waals surface area contributed by atoms with E-state index in [1.54, 1.807) is 12.1 Å². The average molecular weight is 494 g/mol. The van der Waals surface area contributed by atoms with Gasteiger partial charge in [0.05, 0.1) is 23.7 Å². The Labute approximate surface area is 212 Å². The van der Waals surface area contributed by atoms with Gasteiger partial charge in [0.1, 0.15) is 17.3 Å². The summed E-state index contributed by atoms with van der Waals surface area (Å²) in [4.78, 5) is 13.7. The summed E-state index contributed by atoms with van der Waals surface area (Å²) in [5, 5.41) is 7.40. The van der Waals surface area contributed by atoms with Crippen molar-refractivity contribution in [3.05, 3.63) is 59.0 Å². The van der Waals surface area contributed by atoms with Crippen molar-refractivity contribution in [2.45, 2.75) is 53.5 Å². The lowest BCUT2D eigenvalue weighted by Gasteiger charge is -2.26. The number of nitrogens with one attached hydrogen (secondary N) is 1. The Balaban J connectivity index is 1.87. The molecule has 8 heteroatoms. The zero-order valence-electron chi connectivity index (χ0n) is 21.6. The van der Waals surface area contributed by atoms with E-state index in [9.17, 15) is 4.79 Å². The highest BCUT2D eigenvalue weighted by Gasteiger charge is 2.28. The number of amides is 2. The first-order valence-electron chi connectivity index (χ1n) is 12.7. The standard InChI is InChI=1S/C28H36FN5O2/c1-5-6-13-33-14-12-23-21(16-33)27(20-10-11-24(22(29)15-20)31-28(30)35)34(32-23)26-19(4)8-7-9-25(26)36-17-18(2)3/h7-11,15,18H,5-6,12-14,16-17H2,1-4H3,(H3,30,31,35). The lowest BCUT2D eigenvalue weighted by Crippen LogP contribution is -2.31. The van der Waals surface area contributed by atoms with Gasteiger partial charge in [-0.3, -0.25) is 4.90 Å². The number of ether oxygens (including phenoxy) is 1. The predicted octanol–water partition coefficient (Wildman–Crippen LogP) is 5.67. The van der Waals surface area contributed by atoms with Crippen LogP contribution in [0.25, 0.3) is 16.9 Å². The first-order chi connectivity index (χ1) is 17.3. The molecule has 7 nitrogen and oxygen atoms in total. The lowest BCUT2D eigenvalue weighted by atomic mass is 9.99. The molecule has 1 aliphatic rings. The average Bonchev–Trinajstić information content (AvgIpc) is 3.20. The van der Waals surface area contributed by atoms with Crippen LogP contribution in [0.5, 0.6) is 5.75 Å². The van der Waals surface area contributed by atoms with E-state index in [4.69, 9.17) is 15.6 Å². The maximum atomic E-state index is 15.0. The molecule has 36 heavy (non-hydrogen) atoms. The summed E-state index contributed by atoms with van der Waals surface area (Å²) in [5.74, 6) is 0.572. The molecule has 0 fully saturated rings. The van der Waals surface area contributed by atoms with Crippen LogP contribution in [0.4, 0.5) is 14.9 Å². The number of rotatable bonds is 9. The summed E-state index contributed by atoms with van der Waals surface area (Å²) in [6.07, 6.45) is 3.09. The van der Waals surface area contributed by atoms with Gasteiger partial charge in [-0.1, -0.05) is 45.4 Å². The molecule has 0 unspecified atom stereocenters. The Morgan fingerprint density at radius 3 is 2.78 bits per heavy atom. The number of primary amides is 1. The Morgan fingerprint density at radius 1 is 1.28 bits per heavy atom. The van der Waals surface area contributed by atoms with Gasteiger partial charge >= 0.3 is 6.03 Å². The molecule has 4 rings (SSSR count). The molecule has 1 aromatic heterocycles. The molecule has 0 spiro atoms. The molecule has 2 heterocycles. The Hall–Kier alpha value is -3.39. The number of unbranched alkanes of at least 4 members (excludes halogenated alkanes) is 1. The second-order valence-corrected chi connectivity index (χ2v) is 9.88. The van der Waals surface area contributed by atoms with Crippen LogP contribution in [0.15, 0.2) is 36.4 Å². The molecule has 0 aliphatic carbocycles. The van der Waals surface area contributed by atoms with Crippen LogP contribution in [-0.2, 0) is 13.0 Å². The van der Waals surface area contributed by atoms with Crippen molar-refractivity contribution in [1.29, 1.82) is 0 Å². The molecule has 3 aromatic rings. The minimum Gasteiger partial charge on any atom is -0.491 e. The number of hydrogen-bond donors (Lipinski definition) is 2. The van der Waals surface area contributed by atoms with Gasteiger partial charge in [0.15, 0.2) is 0 Å². The van der Waals surface area contributed by atoms with E-state index in [1.165, 1.54) is 6.07 Å². The Bertz CT molecular complexity index is 1240. The molecule has 192 valence electrons. The van der Waals surface area contributed by atoms with Gasteiger partial charge in [0.2, 0.25) is 0 Å². The number of carbonyl (C=O) groups excluding carboxylic acids is 1. The van der Waals surface area contributed by atoms with Crippen molar-refractivity contribution in [1.82, 2.24) is 14.7 Å². The smallest absolute Gasteiger partial charge is 0.316 e. The van der Waals surface area contributed by atoms with E-state index >= 15 is 4.39 Å². The number of halogens is 1. The zero-order valence-corrected chi connectivity index (χ0v) is 21.6. The number of benzene rings is 2. The quantitative estimate of drug-likeness (QED) is 0.402. The molecule has 0 radical (unpaired) electrons. The molecule has 0 atom stereocenters. The lowest BCUT2D eigenvalue weighted by molar-refractivity contribution is 0.250. The number of nitrogens with zero attached hydrogens (tertiary/aromatic N) is 3. The van der Waals surface area contributed by atoms with Crippen molar-refractivity contribution < 1.29 is 13.9 Å². The monoisotopic (exact) mass is 493 g/mol. The molecular formula is C28H36FN5O2. The summed E-state index contributed by atoms with van der Waals surface area (Å²) in [6.45, 7) is 11.8. The third-order valence-corrected chi connectivity index (χ3v) is 6.43. The Kier molecular flexibility index (Phi) is 7.94. The number of anilines is 1. The molecular weight excluding hydrogens is 457 g/mol. The number of aryl methyl sites for hydroxylation is 1. The second-order valence-electron chi connectivity index (χ2n) is 9.88. The first-order valence-corrected chi connectivity index (χ1v) is 12.7. The van der Waals surface area contributed by atoms with E-state index in [-0.39, 0.29) is 5.69 Å². The van der Waals surface area contributed by atoms with Gasteiger partial charge in [0, 0.05) is 30.6 Å². The topological polar surface area (TPSA) is 85.4 Å². The number of hydrogen-bond acceptors (Lipinski definition) is 4. The van der Waals surface area contributed by atoms with Crippen molar-refractivity contribution in [3.8, 4) is 22.7 Å². The normalized spacial score (nSPS) is 13.6. The van der Waals surface area contributed by atoms with Crippen molar-refractivity contribution in [3.63, 3.8) is 0 Å². The van der Waals surface area contributed by atoms with Gasteiger partial charge < -0.3 is 15.8 Å². The predicted molar refractivity (Wildman–Crippen MR) is 141 cm³/mol. The summed E-state index contributed by atoms with van der Waals surface area (Å²) < 4.78 is 23.2. The van der Waals surface area contributed by atoms with Crippen LogP contribution in [-0.4, -0.2) is 40.4 Å². The minimum atomic E-state index is -0.803. The van der Waals surface area contributed by atoms with Crippen molar-refractivity contribution in [2.24, 2.45) is 11.7 Å².